The summed E-state index contributed by atoms with van der Waals surface area (Å²) in [5.74, 6) is -0.0702. The highest BCUT2D eigenvalue weighted by molar-refractivity contribution is 5.90. The molecule has 0 saturated heterocycles. The van der Waals surface area contributed by atoms with Gasteiger partial charge < -0.3 is 10.6 Å². The van der Waals surface area contributed by atoms with Gasteiger partial charge >= 0.3 is 0 Å². The zero-order valence-corrected chi connectivity index (χ0v) is 20.5. The molecule has 2 aromatic heterocycles. The van der Waals surface area contributed by atoms with E-state index in [4.69, 9.17) is 0 Å². The standard InChI is InChI=1S/C28H32N6O2/c35-27(29-25-11-5-3-6-12-25)21-33-19-17-31(23-33)15-9-1-2-10-16-32-18-20-34(24-32)22-28(36)30-26-13-7-4-8-14-26/h3-8,11-14,17-20,23-24H,1-2,9-10,15-16,21-22H2/p+2. The average Bonchev–Trinajstić information content (AvgIpc) is 3.51. The number of rotatable bonds is 13. The Hall–Kier alpha value is -4.20. The van der Waals surface area contributed by atoms with Crippen molar-refractivity contribution >= 4 is 23.2 Å². The number of carbonyl (C=O) groups excluding carboxylic acids is 2. The molecule has 0 aliphatic carbocycles. The van der Waals surface area contributed by atoms with Gasteiger partial charge in [0.05, 0.1) is 13.1 Å². The van der Waals surface area contributed by atoms with Crippen molar-refractivity contribution in [2.45, 2.75) is 51.9 Å². The number of aryl methyl sites for hydroxylation is 2. The monoisotopic (exact) mass is 486 g/mol. The lowest BCUT2D eigenvalue weighted by Crippen LogP contribution is -2.38. The molecule has 0 aliphatic rings. The zero-order chi connectivity index (χ0) is 25.0. The van der Waals surface area contributed by atoms with Crippen LogP contribution in [-0.4, -0.2) is 20.9 Å². The largest absolute Gasteiger partial charge is 0.323 e. The van der Waals surface area contributed by atoms with Crippen LogP contribution in [0.25, 0.3) is 0 Å². The summed E-state index contributed by atoms with van der Waals surface area (Å²) in [7, 11) is 0. The quantitative estimate of drug-likeness (QED) is 0.225. The smallest absolute Gasteiger partial charge is 0.266 e. The highest BCUT2D eigenvalue weighted by Gasteiger charge is 2.11. The van der Waals surface area contributed by atoms with E-state index in [1.165, 1.54) is 0 Å². The van der Waals surface area contributed by atoms with Crippen LogP contribution in [0.4, 0.5) is 11.4 Å². The van der Waals surface area contributed by atoms with Crippen molar-refractivity contribution in [1.29, 1.82) is 0 Å². The van der Waals surface area contributed by atoms with Gasteiger partial charge in [-0.15, -0.1) is 0 Å². The molecule has 8 nitrogen and oxygen atoms in total. The lowest BCUT2D eigenvalue weighted by Gasteiger charge is -2.02. The van der Waals surface area contributed by atoms with E-state index >= 15 is 0 Å². The number of aromatic nitrogens is 4. The molecule has 8 heteroatoms. The van der Waals surface area contributed by atoms with Crippen LogP contribution in [0.5, 0.6) is 0 Å². The molecule has 2 amide bonds. The molecule has 186 valence electrons. The molecule has 0 radical (unpaired) electrons. The van der Waals surface area contributed by atoms with Gasteiger partial charge in [0, 0.05) is 11.4 Å². The van der Waals surface area contributed by atoms with E-state index in [9.17, 15) is 9.59 Å². The van der Waals surface area contributed by atoms with Crippen molar-refractivity contribution in [1.82, 2.24) is 9.13 Å². The van der Waals surface area contributed by atoms with E-state index in [2.05, 4.69) is 19.8 Å². The second-order valence-electron chi connectivity index (χ2n) is 8.89. The summed E-state index contributed by atoms with van der Waals surface area (Å²) >= 11 is 0. The fourth-order valence-corrected chi connectivity index (χ4v) is 4.05. The van der Waals surface area contributed by atoms with Gasteiger partial charge in [-0.1, -0.05) is 36.4 Å². The molecular weight excluding hydrogens is 452 g/mol. The van der Waals surface area contributed by atoms with Crippen LogP contribution in [0, 0.1) is 0 Å². The van der Waals surface area contributed by atoms with Crippen LogP contribution in [0.1, 0.15) is 25.7 Å². The van der Waals surface area contributed by atoms with E-state index in [0.29, 0.717) is 13.1 Å². The minimum atomic E-state index is -0.0351. The topological polar surface area (TPSA) is 75.8 Å². The lowest BCUT2D eigenvalue weighted by molar-refractivity contribution is -0.683. The van der Waals surface area contributed by atoms with E-state index in [1.54, 1.807) is 0 Å². The van der Waals surface area contributed by atoms with Crippen molar-refractivity contribution in [2.75, 3.05) is 10.6 Å². The average molecular weight is 487 g/mol. The van der Waals surface area contributed by atoms with Crippen LogP contribution in [0.15, 0.2) is 98.1 Å². The number of hydrogen-bond acceptors (Lipinski definition) is 2. The summed E-state index contributed by atoms with van der Waals surface area (Å²) in [4.78, 5) is 24.4. The molecule has 36 heavy (non-hydrogen) atoms. The number of carbonyl (C=O) groups is 2. The van der Waals surface area contributed by atoms with Crippen molar-refractivity contribution in [2.24, 2.45) is 0 Å². The Morgan fingerprint density at radius 1 is 0.611 bits per heavy atom. The highest BCUT2D eigenvalue weighted by Crippen LogP contribution is 2.06. The summed E-state index contributed by atoms with van der Waals surface area (Å²) in [5.41, 5.74) is 1.62. The number of para-hydroxylation sites is 2. The van der Waals surface area contributed by atoms with E-state index < -0.39 is 0 Å². The van der Waals surface area contributed by atoms with Crippen molar-refractivity contribution in [3.63, 3.8) is 0 Å². The Labute approximate surface area is 211 Å². The zero-order valence-electron chi connectivity index (χ0n) is 20.5. The van der Waals surface area contributed by atoms with Crippen LogP contribution in [-0.2, 0) is 35.8 Å². The van der Waals surface area contributed by atoms with Crippen LogP contribution in [0.2, 0.25) is 0 Å². The molecule has 2 heterocycles. The maximum atomic E-state index is 12.2. The van der Waals surface area contributed by atoms with Gasteiger partial charge in [-0.3, -0.25) is 9.59 Å². The third-order valence-electron chi connectivity index (χ3n) is 5.84. The second kappa shape index (κ2) is 13.0. The lowest BCUT2D eigenvalue weighted by atomic mass is 10.2. The molecule has 0 unspecified atom stereocenters. The molecule has 0 spiro atoms. The fraction of sp³-hybridized carbons (Fsp3) is 0.286. The molecule has 4 aromatic rings. The minimum Gasteiger partial charge on any atom is -0.323 e. The molecule has 0 bridgehead atoms. The van der Waals surface area contributed by atoms with Crippen molar-refractivity contribution < 1.29 is 18.7 Å². The van der Waals surface area contributed by atoms with Gasteiger partial charge in [0.2, 0.25) is 12.7 Å². The van der Waals surface area contributed by atoms with Gasteiger partial charge in [0.25, 0.3) is 11.8 Å². The Morgan fingerprint density at radius 2 is 1.03 bits per heavy atom. The maximum Gasteiger partial charge on any atom is 0.266 e. The predicted octanol–water partition coefficient (Wildman–Crippen LogP) is 3.40. The van der Waals surface area contributed by atoms with Gasteiger partial charge in [0.1, 0.15) is 24.8 Å². The summed E-state index contributed by atoms with van der Waals surface area (Å²) in [6.07, 6.45) is 16.4. The minimum absolute atomic E-state index is 0.0351. The maximum absolute atomic E-state index is 12.2. The number of imidazole rings is 2. The summed E-state index contributed by atoms with van der Waals surface area (Å²) < 4.78 is 8.07. The Balaban J connectivity index is 1.08. The molecule has 0 fully saturated rings. The number of anilines is 2. The fourth-order valence-electron chi connectivity index (χ4n) is 4.05. The predicted molar refractivity (Wildman–Crippen MR) is 138 cm³/mol. The van der Waals surface area contributed by atoms with E-state index in [0.717, 1.165) is 50.1 Å². The Kier molecular flexibility index (Phi) is 9.02. The summed E-state index contributed by atoms with van der Waals surface area (Å²) in [6, 6.07) is 19.0. The number of hydrogen-bond donors (Lipinski definition) is 2. The number of amides is 2. The van der Waals surface area contributed by atoms with E-state index in [-0.39, 0.29) is 11.8 Å². The first-order valence-electron chi connectivity index (χ1n) is 12.4. The van der Waals surface area contributed by atoms with Crippen LogP contribution >= 0.6 is 0 Å². The Morgan fingerprint density at radius 3 is 1.44 bits per heavy atom. The Bertz CT molecular complexity index is 1140. The number of unbranched alkanes of at least 4 members (excludes halogenated alkanes) is 3. The molecule has 4 rings (SSSR count). The first-order valence-corrected chi connectivity index (χ1v) is 12.4. The SMILES string of the molecule is O=C(C[n+]1ccn(CCCCCCn2cc[n+](CC(=O)Nc3ccccc3)c2)c1)Nc1ccccc1. The third kappa shape index (κ3) is 8.23. The number of benzene rings is 2. The third-order valence-corrected chi connectivity index (χ3v) is 5.84. The molecule has 2 aromatic carbocycles. The normalized spacial score (nSPS) is 10.8. The first kappa shape index (κ1) is 24.9. The molecule has 0 aliphatic heterocycles. The van der Waals surface area contributed by atoms with Crippen molar-refractivity contribution in [3.8, 4) is 0 Å². The van der Waals surface area contributed by atoms with Gasteiger partial charge in [-0.05, 0) is 49.9 Å². The van der Waals surface area contributed by atoms with Gasteiger partial charge in [0.15, 0.2) is 13.1 Å². The van der Waals surface area contributed by atoms with E-state index in [1.807, 2.05) is 107 Å². The number of nitrogens with zero attached hydrogens (tertiary/aromatic N) is 4. The molecule has 0 atom stereocenters. The molecular formula is C28H34N6O2+2. The van der Waals surface area contributed by atoms with Crippen molar-refractivity contribution in [3.05, 3.63) is 98.1 Å². The highest BCUT2D eigenvalue weighted by atomic mass is 16.2. The van der Waals surface area contributed by atoms with Gasteiger partial charge in [-0.25, -0.2) is 18.3 Å². The second-order valence-corrected chi connectivity index (χ2v) is 8.89. The summed E-state index contributed by atoms with van der Waals surface area (Å²) in [5, 5.41) is 5.82. The van der Waals surface area contributed by atoms with Gasteiger partial charge in [-0.2, -0.15) is 0 Å². The molecule has 2 N–H and O–H groups in total. The molecule has 0 saturated carbocycles. The number of nitrogens with one attached hydrogen (secondary N) is 2. The first-order chi connectivity index (χ1) is 17.6. The van der Waals surface area contributed by atoms with Crippen LogP contribution in [0.3, 0.4) is 0 Å². The summed E-state index contributed by atoms with van der Waals surface area (Å²) in [6.45, 7) is 2.47. The van der Waals surface area contributed by atoms with Crippen LogP contribution < -0.4 is 19.8 Å².